The zero-order valence-corrected chi connectivity index (χ0v) is 9.02. The van der Waals surface area contributed by atoms with Crippen LogP contribution >= 0.6 is 0 Å². The molecule has 0 bridgehead atoms. The van der Waals surface area contributed by atoms with Crippen LogP contribution in [0, 0.1) is 0 Å². The van der Waals surface area contributed by atoms with Gasteiger partial charge in [0.1, 0.15) is 5.82 Å². The summed E-state index contributed by atoms with van der Waals surface area (Å²) in [6.45, 7) is 3.58. The summed E-state index contributed by atoms with van der Waals surface area (Å²) in [6, 6.07) is 3.57. The van der Waals surface area contributed by atoms with Gasteiger partial charge in [0.05, 0.1) is 6.54 Å². The Kier molecular flexibility index (Phi) is 3.66. The van der Waals surface area contributed by atoms with Gasteiger partial charge in [-0.05, 0) is 12.1 Å². The lowest BCUT2D eigenvalue weighted by atomic mass is 10.3. The summed E-state index contributed by atoms with van der Waals surface area (Å²) < 4.78 is 0. The van der Waals surface area contributed by atoms with Crippen molar-refractivity contribution in [3.8, 4) is 0 Å². The second-order valence-corrected chi connectivity index (χ2v) is 3.59. The lowest BCUT2D eigenvalue weighted by Crippen LogP contribution is -2.48. The molecule has 0 atom stereocenters. The van der Waals surface area contributed by atoms with E-state index in [2.05, 4.69) is 20.8 Å². The van der Waals surface area contributed by atoms with Gasteiger partial charge in [0.2, 0.25) is 5.91 Å². The summed E-state index contributed by atoms with van der Waals surface area (Å²) in [6.07, 6.45) is 1.60. The van der Waals surface area contributed by atoms with Crippen molar-refractivity contribution in [1.29, 1.82) is 0 Å². The minimum absolute atomic E-state index is 0.104. The van der Waals surface area contributed by atoms with E-state index < -0.39 is 0 Å². The highest BCUT2D eigenvalue weighted by Crippen LogP contribution is 1.99. The zero-order valence-electron chi connectivity index (χ0n) is 9.02. The van der Waals surface area contributed by atoms with Gasteiger partial charge in [-0.25, -0.2) is 0 Å². The van der Waals surface area contributed by atoms with E-state index in [4.69, 9.17) is 0 Å². The Labute approximate surface area is 94.0 Å². The second kappa shape index (κ2) is 5.41. The molecule has 1 aliphatic rings. The molecule has 0 spiro atoms. The SMILES string of the molecule is O=C(CNc1cccnn1)N1CCNCC1. The lowest BCUT2D eigenvalue weighted by molar-refractivity contribution is -0.129. The monoisotopic (exact) mass is 221 g/mol. The van der Waals surface area contributed by atoms with E-state index in [0.29, 0.717) is 5.82 Å². The fraction of sp³-hybridized carbons (Fsp3) is 0.500. The van der Waals surface area contributed by atoms with Crippen molar-refractivity contribution >= 4 is 11.7 Å². The molecule has 1 amide bonds. The molecule has 1 aromatic rings. The van der Waals surface area contributed by atoms with Gasteiger partial charge in [-0.1, -0.05) is 0 Å². The van der Waals surface area contributed by atoms with Crippen LogP contribution in [0.25, 0.3) is 0 Å². The first-order chi connectivity index (χ1) is 7.86. The van der Waals surface area contributed by atoms with Crippen molar-refractivity contribution in [2.75, 3.05) is 38.0 Å². The number of rotatable bonds is 3. The van der Waals surface area contributed by atoms with Crippen molar-refractivity contribution in [1.82, 2.24) is 20.4 Å². The Bertz CT molecular complexity index is 336. The molecule has 0 aromatic carbocycles. The summed E-state index contributed by atoms with van der Waals surface area (Å²) >= 11 is 0. The smallest absolute Gasteiger partial charge is 0.242 e. The van der Waals surface area contributed by atoms with E-state index in [0.717, 1.165) is 26.2 Å². The average Bonchev–Trinajstić information content (AvgIpc) is 2.38. The number of carbonyl (C=O) groups is 1. The maximum absolute atomic E-state index is 11.8. The van der Waals surface area contributed by atoms with Crippen LogP contribution < -0.4 is 10.6 Å². The molecule has 1 aromatic heterocycles. The molecule has 0 aliphatic carbocycles. The van der Waals surface area contributed by atoms with E-state index >= 15 is 0 Å². The topological polar surface area (TPSA) is 70.2 Å². The van der Waals surface area contributed by atoms with Gasteiger partial charge < -0.3 is 15.5 Å². The predicted octanol–water partition coefficient (Wildman–Crippen LogP) is -0.680. The first kappa shape index (κ1) is 10.8. The first-order valence-electron chi connectivity index (χ1n) is 5.36. The van der Waals surface area contributed by atoms with Gasteiger partial charge in [-0.15, -0.1) is 5.10 Å². The molecular weight excluding hydrogens is 206 g/mol. The molecule has 6 nitrogen and oxygen atoms in total. The van der Waals surface area contributed by atoms with Crippen LogP contribution in [-0.4, -0.2) is 53.7 Å². The Balaban J connectivity index is 1.79. The Morgan fingerprint density at radius 1 is 1.50 bits per heavy atom. The molecule has 0 saturated carbocycles. The van der Waals surface area contributed by atoms with Gasteiger partial charge >= 0.3 is 0 Å². The van der Waals surface area contributed by atoms with E-state index in [1.54, 1.807) is 18.3 Å². The Hall–Kier alpha value is -1.69. The number of anilines is 1. The quantitative estimate of drug-likeness (QED) is 0.707. The van der Waals surface area contributed by atoms with Crippen LogP contribution in [0.3, 0.4) is 0 Å². The molecule has 2 heterocycles. The molecule has 16 heavy (non-hydrogen) atoms. The highest BCUT2D eigenvalue weighted by Gasteiger charge is 2.15. The van der Waals surface area contributed by atoms with Crippen molar-refractivity contribution in [2.24, 2.45) is 0 Å². The number of piperazine rings is 1. The zero-order chi connectivity index (χ0) is 11.2. The largest absolute Gasteiger partial charge is 0.360 e. The van der Waals surface area contributed by atoms with Gasteiger partial charge in [0.15, 0.2) is 0 Å². The minimum Gasteiger partial charge on any atom is -0.360 e. The van der Waals surface area contributed by atoms with Crippen molar-refractivity contribution in [3.05, 3.63) is 18.3 Å². The third-order valence-electron chi connectivity index (χ3n) is 2.46. The number of amides is 1. The molecule has 6 heteroatoms. The molecule has 1 aliphatic heterocycles. The summed E-state index contributed by atoms with van der Waals surface area (Å²) in [4.78, 5) is 13.6. The maximum Gasteiger partial charge on any atom is 0.242 e. The fourth-order valence-corrected chi connectivity index (χ4v) is 1.59. The Morgan fingerprint density at radius 3 is 3.00 bits per heavy atom. The summed E-state index contributed by atoms with van der Waals surface area (Å²) in [5, 5.41) is 13.7. The molecule has 86 valence electrons. The number of nitrogens with one attached hydrogen (secondary N) is 2. The standard InChI is InChI=1S/C10H15N5O/c16-10(15-6-4-11-5-7-15)8-12-9-2-1-3-13-14-9/h1-3,11H,4-8H2,(H,12,14). The number of hydrogen-bond acceptors (Lipinski definition) is 5. The number of hydrogen-bond donors (Lipinski definition) is 2. The highest BCUT2D eigenvalue weighted by atomic mass is 16.2. The van der Waals surface area contributed by atoms with Gasteiger partial charge in [0.25, 0.3) is 0 Å². The molecule has 1 fully saturated rings. The van der Waals surface area contributed by atoms with Gasteiger partial charge in [0, 0.05) is 32.4 Å². The van der Waals surface area contributed by atoms with E-state index in [1.807, 2.05) is 4.90 Å². The van der Waals surface area contributed by atoms with Crippen LogP contribution in [-0.2, 0) is 4.79 Å². The van der Waals surface area contributed by atoms with Gasteiger partial charge in [-0.2, -0.15) is 5.10 Å². The van der Waals surface area contributed by atoms with Crippen LogP contribution in [0.4, 0.5) is 5.82 Å². The number of nitrogens with zero attached hydrogens (tertiary/aromatic N) is 3. The normalized spacial score (nSPS) is 15.9. The third-order valence-corrected chi connectivity index (χ3v) is 2.46. The van der Waals surface area contributed by atoms with Crippen LogP contribution in [0.1, 0.15) is 0 Å². The maximum atomic E-state index is 11.8. The molecule has 2 rings (SSSR count). The molecular formula is C10H15N5O. The van der Waals surface area contributed by atoms with Gasteiger partial charge in [-0.3, -0.25) is 4.79 Å². The van der Waals surface area contributed by atoms with Crippen LogP contribution in [0.15, 0.2) is 18.3 Å². The van der Waals surface area contributed by atoms with Crippen molar-refractivity contribution in [2.45, 2.75) is 0 Å². The molecule has 2 N–H and O–H groups in total. The summed E-state index contributed by atoms with van der Waals surface area (Å²) in [5.41, 5.74) is 0. The molecule has 0 unspecified atom stereocenters. The minimum atomic E-state index is 0.104. The van der Waals surface area contributed by atoms with Crippen LogP contribution in [0.5, 0.6) is 0 Å². The summed E-state index contributed by atoms with van der Waals surface area (Å²) in [5.74, 6) is 0.734. The average molecular weight is 221 g/mol. The van der Waals surface area contributed by atoms with E-state index in [1.165, 1.54) is 0 Å². The Morgan fingerprint density at radius 2 is 2.31 bits per heavy atom. The third kappa shape index (κ3) is 2.90. The number of aromatic nitrogens is 2. The van der Waals surface area contributed by atoms with Crippen molar-refractivity contribution in [3.63, 3.8) is 0 Å². The summed E-state index contributed by atoms with van der Waals surface area (Å²) in [7, 11) is 0. The predicted molar refractivity (Wildman–Crippen MR) is 60.0 cm³/mol. The highest BCUT2D eigenvalue weighted by molar-refractivity contribution is 5.80. The van der Waals surface area contributed by atoms with E-state index in [9.17, 15) is 4.79 Å². The fourth-order valence-electron chi connectivity index (χ4n) is 1.59. The first-order valence-corrected chi connectivity index (χ1v) is 5.36. The van der Waals surface area contributed by atoms with Crippen molar-refractivity contribution < 1.29 is 4.79 Å². The van der Waals surface area contributed by atoms with E-state index in [-0.39, 0.29) is 12.5 Å². The molecule has 1 saturated heterocycles. The van der Waals surface area contributed by atoms with Crippen LogP contribution in [0.2, 0.25) is 0 Å². The second-order valence-electron chi connectivity index (χ2n) is 3.59. The molecule has 0 radical (unpaired) electrons. The lowest BCUT2D eigenvalue weighted by Gasteiger charge is -2.27. The number of carbonyl (C=O) groups excluding carboxylic acids is 1.